The fourth-order valence-electron chi connectivity index (χ4n) is 1.80. The summed E-state index contributed by atoms with van der Waals surface area (Å²) in [5.74, 6) is 0. The maximum absolute atomic E-state index is 3.37. The van der Waals surface area contributed by atoms with E-state index in [4.69, 9.17) is 0 Å². The van der Waals surface area contributed by atoms with E-state index in [1.165, 1.54) is 22.3 Å². The highest BCUT2D eigenvalue weighted by molar-refractivity contribution is 5.56. The van der Waals surface area contributed by atoms with Gasteiger partial charge in [-0.25, -0.2) is 0 Å². The molecule has 0 fully saturated rings. The van der Waals surface area contributed by atoms with Crippen LogP contribution in [-0.4, -0.2) is 12.6 Å². The molecular formula is C15H23N. The Hall–Kier alpha value is -1.08. The van der Waals surface area contributed by atoms with Crippen molar-refractivity contribution in [3.8, 4) is 0 Å². The maximum Gasteiger partial charge on any atom is 0.0224 e. The van der Waals surface area contributed by atoms with Crippen LogP contribution in [0.4, 0.5) is 0 Å². The minimum absolute atomic E-state index is 0.436. The van der Waals surface area contributed by atoms with Crippen molar-refractivity contribution in [3.63, 3.8) is 0 Å². The quantitative estimate of drug-likeness (QED) is 0.812. The first-order valence-corrected chi connectivity index (χ1v) is 6.04. The first-order chi connectivity index (χ1) is 7.54. The zero-order chi connectivity index (χ0) is 12.1. The molecule has 1 heteroatoms. The van der Waals surface area contributed by atoms with Crippen LogP contribution in [0.5, 0.6) is 0 Å². The average molecular weight is 217 g/mol. The van der Waals surface area contributed by atoms with Gasteiger partial charge in [-0.3, -0.25) is 0 Å². The molecule has 16 heavy (non-hydrogen) atoms. The Kier molecular flexibility index (Phi) is 4.75. The van der Waals surface area contributed by atoms with Crippen LogP contribution in [0.3, 0.4) is 0 Å². The molecule has 0 aliphatic heterocycles. The lowest BCUT2D eigenvalue weighted by Gasteiger charge is -2.08. The van der Waals surface area contributed by atoms with E-state index in [1.807, 2.05) is 0 Å². The van der Waals surface area contributed by atoms with Gasteiger partial charge in [0.15, 0.2) is 0 Å². The zero-order valence-electron chi connectivity index (χ0n) is 11.1. The van der Waals surface area contributed by atoms with E-state index < -0.39 is 0 Å². The Labute approximate surface area is 99.6 Å². The highest BCUT2D eigenvalue weighted by atomic mass is 14.9. The fourth-order valence-corrected chi connectivity index (χ4v) is 1.80. The van der Waals surface area contributed by atoms with E-state index in [2.05, 4.69) is 64.2 Å². The van der Waals surface area contributed by atoms with Crippen molar-refractivity contribution >= 4 is 6.08 Å². The van der Waals surface area contributed by atoms with Crippen LogP contribution < -0.4 is 5.32 Å². The maximum atomic E-state index is 3.37. The second-order valence-corrected chi connectivity index (χ2v) is 4.50. The van der Waals surface area contributed by atoms with Gasteiger partial charge in [0.2, 0.25) is 0 Å². The van der Waals surface area contributed by atoms with Crippen LogP contribution in [0.15, 0.2) is 18.2 Å². The Morgan fingerprint density at radius 3 is 2.38 bits per heavy atom. The van der Waals surface area contributed by atoms with Gasteiger partial charge in [-0.2, -0.15) is 0 Å². The summed E-state index contributed by atoms with van der Waals surface area (Å²) >= 11 is 0. The van der Waals surface area contributed by atoms with Crippen molar-refractivity contribution in [1.82, 2.24) is 5.32 Å². The van der Waals surface area contributed by atoms with E-state index in [0.29, 0.717) is 6.04 Å². The van der Waals surface area contributed by atoms with Crippen LogP contribution in [-0.2, 0) is 0 Å². The topological polar surface area (TPSA) is 12.0 Å². The molecule has 1 aromatic carbocycles. The molecule has 0 saturated heterocycles. The minimum Gasteiger partial charge on any atom is -0.311 e. The normalized spacial score (nSPS) is 13.3. The molecule has 0 radical (unpaired) electrons. The molecule has 0 amide bonds. The zero-order valence-corrected chi connectivity index (χ0v) is 11.1. The molecule has 0 aliphatic rings. The second-order valence-electron chi connectivity index (χ2n) is 4.50. The lowest BCUT2D eigenvalue weighted by atomic mass is 10.0. The van der Waals surface area contributed by atoms with Crippen molar-refractivity contribution < 1.29 is 0 Å². The smallest absolute Gasteiger partial charge is 0.0224 e. The molecule has 1 aromatic rings. The van der Waals surface area contributed by atoms with Crippen LogP contribution in [0, 0.1) is 20.8 Å². The van der Waals surface area contributed by atoms with Gasteiger partial charge < -0.3 is 5.32 Å². The molecular weight excluding hydrogens is 194 g/mol. The highest BCUT2D eigenvalue weighted by Gasteiger charge is 1.99. The molecule has 0 aliphatic carbocycles. The standard InChI is InChI=1S/C15H23N/c1-6-16-14(5)7-8-15-10-12(3)11(2)9-13(15)4/h7-10,14,16H,6H2,1-5H3/b8-7+. The van der Waals surface area contributed by atoms with E-state index in [1.54, 1.807) is 0 Å². The van der Waals surface area contributed by atoms with Crippen molar-refractivity contribution in [1.29, 1.82) is 0 Å². The molecule has 88 valence electrons. The third kappa shape index (κ3) is 3.49. The van der Waals surface area contributed by atoms with Gasteiger partial charge >= 0.3 is 0 Å². The van der Waals surface area contributed by atoms with Gasteiger partial charge in [0, 0.05) is 6.04 Å². The van der Waals surface area contributed by atoms with Gasteiger partial charge in [-0.15, -0.1) is 0 Å². The second kappa shape index (κ2) is 5.86. The fraction of sp³-hybridized carbons (Fsp3) is 0.467. The number of benzene rings is 1. The number of hydrogen-bond acceptors (Lipinski definition) is 1. The predicted molar refractivity (Wildman–Crippen MR) is 72.8 cm³/mol. The number of aryl methyl sites for hydroxylation is 3. The first kappa shape index (κ1) is 13.0. The Morgan fingerprint density at radius 1 is 1.12 bits per heavy atom. The number of rotatable bonds is 4. The summed E-state index contributed by atoms with van der Waals surface area (Å²) in [4.78, 5) is 0. The summed E-state index contributed by atoms with van der Waals surface area (Å²) in [6.07, 6.45) is 4.44. The van der Waals surface area contributed by atoms with Gasteiger partial charge in [0.1, 0.15) is 0 Å². The lowest BCUT2D eigenvalue weighted by Crippen LogP contribution is -2.22. The van der Waals surface area contributed by atoms with Gasteiger partial charge in [-0.1, -0.05) is 31.2 Å². The van der Waals surface area contributed by atoms with Crippen LogP contribution in [0.2, 0.25) is 0 Å². The highest BCUT2D eigenvalue weighted by Crippen LogP contribution is 2.16. The number of likely N-dealkylation sites (N-methyl/N-ethyl adjacent to an activating group) is 1. The van der Waals surface area contributed by atoms with Gasteiger partial charge in [0.05, 0.1) is 0 Å². The van der Waals surface area contributed by atoms with Crippen molar-refractivity contribution in [2.45, 2.75) is 40.7 Å². The summed E-state index contributed by atoms with van der Waals surface area (Å²) in [6.45, 7) is 11.8. The molecule has 1 rings (SSSR count). The van der Waals surface area contributed by atoms with E-state index in [9.17, 15) is 0 Å². The minimum atomic E-state index is 0.436. The molecule has 0 saturated carbocycles. The number of hydrogen-bond donors (Lipinski definition) is 1. The summed E-state index contributed by atoms with van der Waals surface area (Å²) in [5, 5.41) is 3.37. The van der Waals surface area contributed by atoms with E-state index >= 15 is 0 Å². The largest absolute Gasteiger partial charge is 0.311 e. The van der Waals surface area contributed by atoms with Crippen molar-refractivity contribution in [2.75, 3.05) is 6.54 Å². The summed E-state index contributed by atoms with van der Waals surface area (Å²) in [7, 11) is 0. The van der Waals surface area contributed by atoms with E-state index in [0.717, 1.165) is 6.54 Å². The summed E-state index contributed by atoms with van der Waals surface area (Å²) in [6, 6.07) is 4.96. The summed E-state index contributed by atoms with van der Waals surface area (Å²) < 4.78 is 0. The number of nitrogens with one attached hydrogen (secondary N) is 1. The molecule has 0 bridgehead atoms. The average Bonchev–Trinajstić information content (AvgIpc) is 2.22. The van der Waals surface area contributed by atoms with Crippen LogP contribution in [0.1, 0.15) is 36.1 Å². The molecule has 1 unspecified atom stereocenters. The molecule has 0 heterocycles. The van der Waals surface area contributed by atoms with Crippen LogP contribution >= 0.6 is 0 Å². The third-order valence-electron chi connectivity index (χ3n) is 2.97. The lowest BCUT2D eigenvalue weighted by molar-refractivity contribution is 0.663. The Bertz CT molecular complexity index is 377. The van der Waals surface area contributed by atoms with Gasteiger partial charge in [0.25, 0.3) is 0 Å². The molecule has 1 N–H and O–H groups in total. The predicted octanol–water partition coefficient (Wildman–Crippen LogP) is 3.62. The molecule has 0 aromatic heterocycles. The van der Waals surface area contributed by atoms with Crippen molar-refractivity contribution in [2.24, 2.45) is 0 Å². The Balaban J connectivity index is 2.85. The molecule has 1 atom stereocenters. The van der Waals surface area contributed by atoms with Crippen molar-refractivity contribution in [3.05, 3.63) is 40.5 Å². The SMILES string of the molecule is CCNC(C)/C=C/c1cc(C)c(C)cc1C. The van der Waals surface area contributed by atoms with Crippen LogP contribution in [0.25, 0.3) is 6.08 Å². The first-order valence-electron chi connectivity index (χ1n) is 6.04. The van der Waals surface area contributed by atoms with E-state index in [-0.39, 0.29) is 0 Å². The van der Waals surface area contributed by atoms with Gasteiger partial charge in [-0.05, 0) is 56.5 Å². The molecule has 1 nitrogen and oxygen atoms in total. The monoisotopic (exact) mass is 217 g/mol. The molecule has 0 spiro atoms. The Morgan fingerprint density at radius 2 is 1.75 bits per heavy atom. The summed E-state index contributed by atoms with van der Waals surface area (Å²) in [5.41, 5.74) is 5.41. The third-order valence-corrected chi connectivity index (χ3v) is 2.97.